The number of hydrogen-bond donors (Lipinski definition) is 0. The van der Waals surface area contributed by atoms with Gasteiger partial charge in [0.25, 0.3) is 0 Å². The van der Waals surface area contributed by atoms with Gasteiger partial charge >= 0.3 is 0 Å². The molecular formula is C21H19I. The lowest BCUT2D eigenvalue weighted by Crippen LogP contribution is -2.10. The van der Waals surface area contributed by atoms with Crippen molar-refractivity contribution in [2.45, 2.75) is 19.3 Å². The van der Waals surface area contributed by atoms with Crippen LogP contribution in [0.15, 0.2) is 73.3 Å². The van der Waals surface area contributed by atoms with Crippen LogP contribution in [0.2, 0.25) is 0 Å². The molecule has 0 N–H and O–H groups in total. The van der Waals surface area contributed by atoms with E-state index in [9.17, 15) is 0 Å². The summed E-state index contributed by atoms with van der Waals surface area (Å²) >= 11 is 2.34. The fraction of sp³-hybridized carbons (Fsp3) is 0.143. The maximum Gasteiger partial charge on any atom is 0.0130 e. The summed E-state index contributed by atoms with van der Waals surface area (Å²) in [4.78, 5) is 0. The Kier molecular flexibility index (Phi) is 4.09. The van der Waals surface area contributed by atoms with Gasteiger partial charge in [0.15, 0.2) is 0 Å². The van der Waals surface area contributed by atoms with Crippen LogP contribution in [-0.2, 0) is 5.41 Å². The first-order valence-corrected chi connectivity index (χ1v) is 8.52. The lowest BCUT2D eigenvalue weighted by Gasteiger charge is -2.18. The molecule has 1 heteroatoms. The molecule has 3 rings (SSSR count). The molecule has 0 atom stereocenters. The van der Waals surface area contributed by atoms with Crippen molar-refractivity contribution >= 4 is 28.2 Å². The maximum absolute atomic E-state index is 3.76. The van der Waals surface area contributed by atoms with Gasteiger partial charge in [0.2, 0.25) is 0 Å². The summed E-state index contributed by atoms with van der Waals surface area (Å²) in [5.41, 5.74) is 6.63. The zero-order valence-electron chi connectivity index (χ0n) is 12.9. The Hall–Kier alpha value is -1.61. The number of allylic oxidation sites excluding steroid dienone is 5. The van der Waals surface area contributed by atoms with Crippen LogP contribution in [0.4, 0.5) is 0 Å². The highest BCUT2D eigenvalue weighted by Gasteiger charge is 2.28. The van der Waals surface area contributed by atoms with E-state index in [-0.39, 0.29) is 5.41 Å². The lowest BCUT2D eigenvalue weighted by atomic mass is 9.85. The predicted octanol–water partition coefficient (Wildman–Crippen LogP) is 6.38. The summed E-state index contributed by atoms with van der Waals surface area (Å²) in [6.07, 6.45) is 8.32. The van der Waals surface area contributed by atoms with Gasteiger partial charge in [0, 0.05) is 8.99 Å². The van der Waals surface area contributed by atoms with Gasteiger partial charge in [0.05, 0.1) is 0 Å². The van der Waals surface area contributed by atoms with Gasteiger partial charge in [-0.25, -0.2) is 0 Å². The molecule has 1 aliphatic carbocycles. The zero-order valence-corrected chi connectivity index (χ0v) is 15.1. The number of hydrogen-bond acceptors (Lipinski definition) is 0. The van der Waals surface area contributed by atoms with E-state index >= 15 is 0 Å². The number of benzene rings is 2. The van der Waals surface area contributed by atoms with E-state index in [1.807, 2.05) is 12.2 Å². The standard InChI is InChI=1S/C21H19I/c1-4-5-6-17-14-21(2,3)20-13-16(9-12-19(17)20)15-7-10-18(22)11-8-15/h4-14H,1H2,2-3H3/b6-5-. The molecule has 2 aromatic rings. The molecule has 0 saturated heterocycles. The molecular weight excluding hydrogens is 379 g/mol. The first kappa shape index (κ1) is 15.3. The summed E-state index contributed by atoms with van der Waals surface area (Å²) < 4.78 is 1.27. The molecule has 2 aromatic carbocycles. The Bertz CT molecular complexity index is 774. The molecule has 0 unspecified atom stereocenters. The van der Waals surface area contributed by atoms with Crippen LogP contribution >= 0.6 is 22.6 Å². The Morgan fingerprint density at radius 2 is 1.68 bits per heavy atom. The lowest BCUT2D eigenvalue weighted by molar-refractivity contribution is 0.683. The second-order valence-electron chi connectivity index (χ2n) is 6.18. The average molecular weight is 398 g/mol. The van der Waals surface area contributed by atoms with Gasteiger partial charge in [-0.3, -0.25) is 0 Å². The molecule has 22 heavy (non-hydrogen) atoms. The minimum absolute atomic E-state index is 0.0649. The molecule has 0 heterocycles. The monoisotopic (exact) mass is 398 g/mol. The molecule has 0 spiro atoms. The van der Waals surface area contributed by atoms with Crippen molar-refractivity contribution in [3.05, 3.63) is 88.0 Å². The third-order valence-electron chi connectivity index (χ3n) is 4.13. The fourth-order valence-corrected chi connectivity index (χ4v) is 3.36. The normalized spacial score (nSPS) is 15.7. The van der Waals surface area contributed by atoms with E-state index in [1.165, 1.54) is 31.4 Å². The minimum atomic E-state index is 0.0649. The number of rotatable bonds is 3. The molecule has 0 bridgehead atoms. The molecule has 0 aliphatic heterocycles. The number of fused-ring (bicyclic) bond motifs is 1. The third kappa shape index (κ3) is 2.82. The summed E-state index contributed by atoms with van der Waals surface area (Å²) in [5, 5.41) is 0. The van der Waals surface area contributed by atoms with E-state index in [4.69, 9.17) is 0 Å². The summed E-state index contributed by atoms with van der Waals surface area (Å²) in [7, 11) is 0. The van der Waals surface area contributed by atoms with Crippen molar-refractivity contribution in [3.63, 3.8) is 0 Å². The molecule has 0 aromatic heterocycles. The Morgan fingerprint density at radius 1 is 1.00 bits per heavy atom. The van der Waals surface area contributed by atoms with Gasteiger partial charge in [-0.15, -0.1) is 0 Å². The fourth-order valence-electron chi connectivity index (χ4n) is 3.00. The minimum Gasteiger partial charge on any atom is -0.0991 e. The quantitative estimate of drug-likeness (QED) is 0.416. The maximum atomic E-state index is 3.76. The first-order valence-electron chi connectivity index (χ1n) is 7.44. The molecule has 0 fully saturated rings. The van der Waals surface area contributed by atoms with Gasteiger partial charge < -0.3 is 0 Å². The highest BCUT2D eigenvalue weighted by atomic mass is 127. The largest absolute Gasteiger partial charge is 0.0991 e. The van der Waals surface area contributed by atoms with Crippen molar-refractivity contribution in [2.24, 2.45) is 0 Å². The van der Waals surface area contributed by atoms with Crippen LogP contribution < -0.4 is 0 Å². The molecule has 0 nitrogen and oxygen atoms in total. The van der Waals surface area contributed by atoms with Gasteiger partial charge in [-0.05, 0) is 68.6 Å². The Morgan fingerprint density at radius 3 is 2.36 bits per heavy atom. The van der Waals surface area contributed by atoms with Crippen molar-refractivity contribution in [3.8, 4) is 11.1 Å². The van der Waals surface area contributed by atoms with Crippen molar-refractivity contribution in [1.29, 1.82) is 0 Å². The predicted molar refractivity (Wildman–Crippen MR) is 105 cm³/mol. The topological polar surface area (TPSA) is 0 Å². The summed E-state index contributed by atoms with van der Waals surface area (Å²) in [5.74, 6) is 0. The second-order valence-corrected chi connectivity index (χ2v) is 7.43. The van der Waals surface area contributed by atoms with Crippen LogP contribution in [0, 0.1) is 3.57 Å². The van der Waals surface area contributed by atoms with Crippen LogP contribution in [0.3, 0.4) is 0 Å². The van der Waals surface area contributed by atoms with Crippen LogP contribution in [0.1, 0.15) is 25.0 Å². The van der Waals surface area contributed by atoms with Crippen LogP contribution in [-0.4, -0.2) is 0 Å². The highest BCUT2D eigenvalue weighted by Crippen LogP contribution is 2.42. The highest BCUT2D eigenvalue weighted by molar-refractivity contribution is 14.1. The molecule has 0 saturated carbocycles. The second kappa shape index (κ2) is 5.88. The van der Waals surface area contributed by atoms with Gasteiger partial charge in [-0.2, -0.15) is 0 Å². The van der Waals surface area contributed by atoms with Crippen molar-refractivity contribution in [2.75, 3.05) is 0 Å². The first-order chi connectivity index (χ1) is 10.5. The smallest absolute Gasteiger partial charge is 0.0130 e. The molecule has 0 amide bonds. The van der Waals surface area contributed by atoms with Crippen LogP contribution in [0.25, 0.3) is 16.7 Å². The van der Waals surface area contributed by atoms with Crippen LogP contribution in [0.5, 0.6) is 0 Å². The Labute approximate surface area is 146 Å². The van der Waals surface area contributed by atoms with Crippen molar-refractivity contribution < 1.29 is 0 Å². The van der Waals surface area contributed by atoms with E-state index in [1.54, 1.807) is 0 Å². The van der Waals surface area contributed by atoms with E-state index in [0.717, 1.165) is 0 Å². The molecule has 1 aliphatic rings. The van der Waals surface area contributed by atoms with E-state index in [2.05, 4.69) is 97.6 Å². The Balaban J connectivity index is 2.07. The third-order valence-corrected chi connectivity index (χ3v) is 4.85. The van der Waals surface area contributed by atoms with Gasteiger partial charge in [-0.1, -0.05) is 69.0 Å². The summed E-state index contributed by atoms with van der Waals surface area (Å²) in [6.45, 7) is 8.31. The summed E-state index contributed by atoms with van der Waals surface area (Å²) in [6, 6.07) is 15.5. The van der Waals surface area contributed by atoms with Crippen molar-refractivity contribution in [1.82, 2.24) is 0 Å². The number of halogens is 1. The van der Waals surface area contributed by atoms with E-state index in [0.29, 0.717) is 0 Å². The SMILES string of the molecule is C=C/C=C\C1=CC(C)(C)c2cc(-c3ccc(I)cc3)ccc21. The molecule has 110 valence electrons. The molecule has 0 radical (unpaired) electrons. The van der Waals surface area contributed by atoms with E-state index < -0.39 is 0 Å². The zero-order chi connectivity index (χ0) is 15.7. The average Bonchev–Trinajstić information content (AvgIpc) is 2.76. The van der Waals surface area contributed by atoms with Gasteiger partial charge in [0.1, 0.15) is 0 Å².